The van der Waals surface area contributed by atoms with E-state index in [2.05, 4.69) is 10.3 Å². The Morgan fingerprint density at radius 1 is 1.25 bits per heavy atom. The number of oxazole rings is 1. The molecule has 1 heterocycles. The van der Waals surface area contributed by atoms with Gasteiger partial charge in [-0.2, -0.15) is 4.98 Å². The number of hydrogen-bond acceptors (Lipinski definition) is 4. The quantitative estimate of drug-likeness (QED) is 0.761. The van der Waals surface area contributed by atoms with E-state index in [1.165, 1.54) is 0 Å². The molecule has 2 aromatic carbocycles. The Bertz CT molecular complexity index is 740. The first-order chi connectivity index (χ1) is 9.76. The van der Waals surface area contributed by atoms with Crippen LogP contribution in [0.15, 0.2) is 46.9 Å². The molecular formula is C15H13ClN2O2. The summed E-state index contributed by atoms with van der Waals surface area (Å²) in [6, 6.07) is 13.4. The number of para-hydroxylation sites is 2. The molecule has 0 saturated heterocycles. The van der Waals surface area contributed by atoms with E-state index < -0.39 is 0 Å². The standard InChI is InChI=1S/C15H13ClN2O2/c1-2-19-13-6-4-3-5-11(13)17-15-18-12-9-10(16)7-8-14(12)20-15/h3-9H,2H2,1H3,(H,17,18). The van der Waals surface area contributed by atoms with Crippen molar-refractivity contribution in [2.24, 2.45) is 0 Å². The lowest BCUT2D eigenvalue weighted by molar-refractivity contribution is 0.342. The SMILES string of the molecule is CCOc1ccccc1Nc1nc2cc(Cl)ccc2o1. The highest BCUT2D eigenvalue weighted by molar-refractivity contribution is 6.31. The van der Waals surface area contributed by atoms with E-state index >= 15 is 0 Å². The van der Waals surface area contributed by atoms with E-state index in [9.17, 15) is 0 Å². The van der Waals surface area contributed by atoms with Gasteiger partial charge < -0.3 is 14.5 Å². The van der Waals surface area contributed by atoms with Crippen molar-refractivity contribution >= 4 is 34.4 Å². The summed E-state index contributed by atoms with van der Waals surface area (Å²) in [5, 5.41) is 3.75. The smallest absolute Gasteiger partial charge is 0.300 e. The minimum atomic E-state index is 0.411. The Morgan fingerprint density at radius 3 is 2.95 bits per heavy atom. The van der Waals surface area contributed by atoms with Gasteiger partial charge in [-0.3, -0.25) is 0 Å². The van der Waals surface area contributed by atoms with Crippen molar-refractivity contribution in [3.8, 4) is 5.75 Å². The van der Waals surface area contributed by atoms with Gasteiger partial charge in [0.15, 0.2) is 5.58 Å². The van der Waals surface area contributed by atoms with Gasteiger partial charge in [0.05, 0.1) is 12.3 Å². The zero-order chi connectivity index (χ0) is 13.9. The van der Waals surface area contributed by atoms with Crippen molar-refractivity contribution in [2.75, 3.05) is 11.9 Å². The molecule has 0 aliphatic carbocycles. The van der Waals surface area contributed by atoms with Gasteiger partial charge >= 0.3 is 0 Å². The maximum atomic E-state index is 5.93. The molecular weight excluding hydrogens is 276 g/mol. The van der Waals surface area contributed by atoms with Crippen LogP contribution in [-0.2, 0) is 0 Å². The van der Waals surface area contributed by atoms with Gasteiger partial charge in [-0.15, -0.1) is 0 Å². The summed E-state index contributed by atoms with van der Waals surface area (Å²) >= 11 is 5.93. The average Bonchev–Trinajstić information content (AvgIpc) is 2.82. The van der Waals surface area contributed by atoms with Gasteiger partial charge in [0.2, 0.25) is 0 Å². The number of benzene rings is 2. The Hall–Kier alpha value is -2.20. The fourth-order valence-electron chi connectivity index (χ4n) is 1.92. The lowest BCUT2D eigenvalue weighted by Crippen LogP contribution is -1.97. The zero-order valence-corrected chi connectivity index (χ0v) is 11.6. The van der Waals surface area contributed by atoms with Crippen LogP contribution in [0.4, 0.5) is 11.7 Å². The number of ether oxygens (including phenoxy) is 1. The molecule has 0 aliphatic rings. The normalized spacial score (nSPS) is 10.7. The van der Waals surface area contributed by atoms with Crippen molar-refractivity contribution < 1.29 is 9.15 Å². The molecule has 102 valence electrons. The third kappa shape index (κ3) is 2.56. The minimum absolute atomic E-state index is 0.411. The van der Waals surface area contributed by atoms with Crippen LogP contribution in [0.25, 0.3) is 11.1 Å². The lowest BCUT2D eigenvalue weighted by atomic mass is 10.3. The Kier molecular flexibility index (Phi) is 3.48. The number of nitrogens with one attached hydrogen (secondary N) is 1. The summed E-state index contributed by atoms with van der Waals surface area (Å²) in [5.74, 6) is 0.760. The van der Waals surface area contributed by atoms with E-state index in [1.807, 2.05) is 31.2 Å². The monoisotopic (exact) mass is 288 g/mol. The Labute approximate surface area is 121 Å². The second-order valence-electron chi connectivity index (χ2n) is 4.19. The molecule has 1 N–H and O–H groups in total. The van der Waals surface area contributed by atoms with E-state index in [0.29, 0.717) is 28.7 Å². The highest BCUT2D eigenvalue weighted by Crippen LogP contribution is 2.29. The Morgan fingerprint density at radius 2 is 2.10 bits per heavy atom. The summed E-state index contributed by atoms with van der Waals surface area (Å²) in [6.07, 6.45) is 0. The lowest BCUT2D eigenvalue weighted by Gasteiger charge is -2.09. The molecule has 0 atom stereocenters. The van der Waals surface area contributed by atoms with Crippen molar-refractivity contribution in [2.45, 2.75) is 6.92 Å². The second-order valence-corrected chi connectivity index (χ2v) is 4.62. The summed E-state index contributed by atoms with van der Waals surface area (Å²) in [5.41, 5.74) is 2.21. The molecule has 0 unspecified atom stereocenters. The average molecular weight is 289 g/mol. The number of nitrogens with zero attached hydrogens (tertiary/aromatic N) is 1. The number of fused-ring (bicyclic) bond motifs is 1. The number of halogens is 1. The van der Waals surface area contributed by atoms with Crippen LogP contribution in [0.2, 0.25) is 5.02 Å². The third-order valence-corrected chi connectivity index (χ3v) is 3.01. The summed E-state index contributed by atoms with van der Waals surface area (Å²) < 4.78 is 11.2. The summed E-state index contributed by atoms with van der Waals surface area (Å²) in [7, 11) is 0. The van der Waals surface area contributed by atoms with E-state index in [1.54, 1.807) is 18.2 Å². The Balaban J connectivity index is 1.93. The first-order valence-electron chi connectivity index (χ1n) is 6.31. The summed E-state index contributed by atoms with van der Waals surface area (Å²) in [6.45, 7) is 2.54. The molecule has 0 radical (unpaired) electrons. The topological polar surface area (TPSA) is 47.3 Å². The molecule has 0 spiro atoms. The molecule has 0 bridgehead atoms. The molecule has 0 saturated carbocycles. The van der Waals surface area contributed by atoms with Crippen LogP contribution in [0.5, 0.6) is 5.75 Å². The molecule has 4 nitrogen and oxygen atoms in total. The summed E-state index contributed by atoms with van der Waals surface area (Å²) in [4.78, 5) is 4.35. The van der Waals surface area contributed by atoms with Crippen LogP contribution >= 0.6 is 11.6 Å². The van der Waals surface area contributed by atoms with Gasteiger partial charge in [0.25, 0.3) is 6.01 Å². The molecule has 1 aromatic heterocycles. The van der Waals surface area contributed by atoms with E-state index in [0.717, 1.165) is 11.4 Å². The second kappa shape index (κ2) is 5.43. The van der Waals surface area contributed by atoms with Gasteiger partial charge in [-0.05, 0) is 37.3 Å². The molecule has 3 aromatic rings. The van der Waals surface area contributed by atoms with Gasteiger partial charge in [-0.25, -0.2) is 0 Å². The maximum absolute atomic E-state index is 5.93. The van der Waals surface area contributed by atoms with Gasteiger partial charge in [-0.1, -0.05) is 23.7 Å². The highest BCUT2D eigenvalue weighted by atomic mass is 35.5. The van der Waals surface area contributed by atoms with Crippen molar-refractivity contribution in [1.82, 2.24) is 4.98 Å². The molecule has 20 heavy (non-hydrogen) atoms. The number of hydrogen-bond donors (Lipinski definition) is 1. The van der Waals surface area contributed by atoms with E-state index in [4.69, 9.17) is 20.8 Å². The third-order valence-electron chi connectivity index (χ3n) is 2.78. The van der Waals surface area contributed by atoms with Crippen LogP contribution in [0.3, 0.4) is 0 Å². The largest absolute Gasteiger partial charge is 0.492 e. The van der Waals surface area contributed by atoms with Crippen LogP contribution in [-0.4, -0.2) is 11.6 Å². The van der Waals surface area contributed by atoms with E-state index in [-0.39, 0.29) is 0 Å². The van der Waals surface area contributed by atoms with Crippen LogP contribution in [0.1, 0.15) is 6.92 Å². The van der Waals surface area contributed by atoms with Crippen LogP contribution < -0.4 is 10.1 Å². The number of rotatable bonds is 4. The molecule has 3 rings (SSSR count). The fraction of sp³-hybridized carbons (Fsp3) is 0.133. The minimum Gasteiger partial charge on any atom is -0.492 e. The van der Waals surface area contributed by atoms with Gasteiger partial charge in [0.1, 0.15) is 11.3 Å². The maximum Gasteiger partial charge on any atom is 0.300 e. The predicted molar refractivity (Wildman–Crippen MR) is 79.9 cm³/mol. The van der Waals surface area contributed by atoms with Crippen molar-refractivity contribution in [1.29, 1.82) is 0 Å². The van der Waals surface area contributed by atoms with Crippen molar-refractivity contribution in [3.05, 3.63) is 47.5 Å². The molecule has 5 heteroatoms. The first-order valence-corrected chi connectivity index (χ1v) is 6.69. The predicted octanol–water partition coefficient (Wildman–Crippen LogP) is 4.62. The molecule has 0 fully saturated rings. The van der Waals surface area contributed by atoms with Crippen LogP contribution in [0, 0.1) is 0 Å². The zero-order valence-electron chi connectivity index (χ0n) is 10.9. The fourth-order valence-corrected chi connectivity index (χ4v) is 2.09. The van der Waals surface area contributed by atoms with Gasteiger partial charge in [0, 0.05) is 5.02 Å². The number of anilines is 2. The van der Waals surface area contributed by atoms with Crippen molar-refractivity contribution in [3.63, 3.8) is 0 Å². The number of aromatic nitrogens is 1. The highest BCUT2D eigenvalue weighted by Gasteiger charge is 2.09. The molecule has 0 aliphatic heterocycles. The molecule has 0 amide bonds. The first kappa shape index (κ1) is 12.8.